The lowest BCUT2D eigenvalue weighted by atomic mass is 9.79. The van der Waals surface area contributed by atoms with Gasteiger partial charge in [-0.25, -0.2) is 9.59 Å². The average Bonchev–Trinajstić information content (AvgIpc) is 3.01. The Bertz CT molecular complexity index is 1150. The summed E-state index contributed by atoms with van der Waals surface area (Å²) in [5, 5.41) is 1.51. The summed E-state index contributed by atoms with van der Waals surface area (Å²) in [7, 11) is 0. The molecule has 3 heterocycles. The fraction of sp³-hybridized carbons (Fsp3) is 0.500. The molecule has 0 spiro atoms. The van der Waals surface area contributed by atoms with Crippen molar-refractivity contribution < 1.29 is 23.6 Å². The summed E-state index contributed by atoms with van der Waals surface area (Å²) in [6.07, 6.45) is 1.65. The van der Waals surface area contributed by atoms with E-state index in [1.165, 1.54) is 11.6 Å². The molecule has 0 N–H and O–H groups in total. The topological polar surface area (TPSA) is 97.1 Å². The van der Waals surface area contributed by atoms with Gasteiger partial charge in [-0.3, -0.25) is 9.59 Å². The standard InChI is InChI=1S/C24H28N2O6/c1-14-10-23(30)31-19-12-18-16(11-17(14)19)15(2)13-24(3,4)25(18)9-5-6-22(29)32-26-20(27)7-8-21(26)28/h10-12,15H,5-9,13H2,1-4H3. The van der Waals surface area contributed by atoms with E-state index in [4.69, 9.17) is 9.25 Å². The van der Waals surface area contributed by atoms with Crippen LogP contribution in [0, 0.1) is 6.92 Å². The number of rotatable bonds is 5. The van der Waals surface area contributed by atoms with Gasteiger partial charge in [0.2, 0.25) is 0 Å². The summed E-state index contributed by atoms with van der Waals surface area (Å²) < 4.78 is 5.47. The van der Waals surface area contributed by atoms with Gasteiger partial charge < -0.3 is 14.2 Å². The van der Waals surface area contributed by atoms with Crippen molar-refractivity contribution in [2.45, 2.75) is 71.3 Å². The van der Waals surface area contributed by atoms with Crippen LogP contribution in [0.15, 0.2) is 27.4 Å². The van der Waals surface area contributed by atoms with Crippen LogP contribution in [0.5, 0.6) is 0 Å². The minimum absolute atomic E-state index is 0.0760. The van der Waals surface area contributed by atoms with Crippen LogP contribution < -0.4 is 10.5 Å². The van der Waals surface area contributed by atoms with Gasteiger partial charge in [0, 0.05) is 54.6 Å². The Morgan fingerprint density at radius 1 is 1.16 bits per heavy atom. The summed E-state index contributed by atoms with van der Waals surface area (Å²) in [5.74, 6) is -1.24. The molecule has 8 heteroatoms. The molecule has 8 nitrogen and oxygen atoms in total. The molecule has 2 aliphatic rings. The highest BCUT2D eigenvalue weighted by Gasteiger charge is 2.37. The Balaban J connectivity index is 1.54. The summed E-state index contributed by atoms with van der Waals surface area (Å²) in [4.78, 5) is 54.6. The van der Waals surface area contributed by atoms with Gasteiger partial charge in [0.25, 0.3) is 11.8 Å². The van der Waals surface area contributed by atoms with E-state index in [1.54, 1.807) is 0 Å². The second kappa shape index (κ2) is 8.07. The molecule has 0 aliphatic carbocycles. The Kier molecular flexibility index (Phi) is 5.56. The van der Waals surface area contributed by atoms with Gasteiger partial charge in [-0.05, 0) is 56.7 Å². The summed E-state index contributed by atoms with van der Waals surface area (Å²) in [6, 6.07) is 5.54. The number of amides is 2. The largest absolute Gasteiger partial charge is 0.423 e. The SMILES string of the molecule is Cc1cc(=O)oc2cc3c(cc12)C(C)CC(C)(C)N3CCCC(=O)ON1C(=O)CCC1=O. The molecular formula is C24H28N2O6. The normalized spacial score (nSPS) is 20.1. The van der Waals surface area contributed by atoms with Gasteiger partial charge in [-0.2, -0.15) is 0 Å². The van der Waals surface area contributed by atoms with Crippen LogP contribution in [0.25, 0.3) is 11.0 Å². The van der Waals surface area contributed by atoms with Crippen molar-refractivity contribution >= 4 is 34.4 Å². The molecule has 1 fully saturated rings. The second-order valence-corrected chi connectivity index (χ2v) is 9.37. The first-order valence-corrected chi connectivity index (χ1v) is 11.0. The summed E-state index contributed by atoms with van der Waals surface area (Å²) >= 11 is 0. The number of hydrogen-bond donors (Lipinski definition) is 0. The Hall–Kier alpha value is -3.16. The number of imide groups is 1. The fourth-order valence-electron chi connectivity index (χ4n) is 4.90. The summed E-state index contributed by atoms with van der Waals surface area (Å²) in [5.41, 5.74) is 3.07. The lowest BCUT2D eigenvalue weighted by Gasteiger charge is -2.47. The van der Waals surface area contributed by atoms with Crippen LogP contribution in [0.3, 0.4) is 0 Å². The molecule has 1 saturated heterocycles. The van der Waals surface area contributed by atoms with E-state index in [9.17, 15) is 19.2 Å². The molecule has 0 radical (unpaired) electrons. The molecule has 0 saturated carbocycles. The minimum Gasteiger partial charge on any atom is -0.423 e. The lowest BCUT2D eigenvalue weighted by molar-refractivity contribution is -0.197. The number of carbonyl (C=O) groups excluding carboxylic acids is 3. The van der Waals surface area contributed by atoms with E-state index < -0.39 is 17.8 Å². The van der Waals surface area contributed by atoms with E-state index in [0.29, 0.717) is 29.5 Å². The Morgan fingerprint density at radius 2 is 1.84 bits per heavy atom. The first-order valence-electron chi connectivity index (χ1n) is 11.0. The van der Waals surface area contributed by atoms with Gasteiger partial charge in [-0.15, -0.1) is 5.06 Å². The van der Waals surface area contributed by atoms with Crippen molar-refractivity contribution in [1.29, 1.82) is 0 Å². The molecule has 1 aromatic heterocycles. The van der Waals surface area contributed by atoms with E-state index in [1.807, 2.05) is 13.0 Å². The van der Waals surface area contributed by atoms with Crippen LogP contribution in [0.1, 0.15) is 69.9 Å². The maximum atomic E-state index is 12.2. The van der Waals surface area contributed by atoms with Crippen LogP contribution in [-0.4, -0.2) is 34.9 Å². The third-order valence-corrected chi connectivity index (χ3v) is 6.42. The molecule has 1 aromatic carbocycles. The zero-order chi connectivity index (χ0) is 23.2. The van der Waals surface area contributed by atoms with Crippen molar-refractivity contribution in [3.63, 3.8) is 0 Å². The third kappa shape index (κ3) is 4.01. The highest BCUT2D eigenvalue weighted by Crippen LogP contribution is 2.45. The zero-order valence-corrected chi connectivity index (χ0v) is 18.9. The van der Waals surface area contributed by atoms with Gasteiger partial charge >= 0.3 is 11.6 Å². The van der Waals surface area contributed by atoms with Crippen molar-refractivity contribution in [3.8, 4) is 0 Å². The Labute approximate surface area is 186 Å². The number of nitrogens with zero attached hydrogens (tertiary/aromatic N) is 2. The smallest absolute Gasteiger partial charge is 0.336 e. The molecule has 0 bridgehead atoms. The molecular weight excluding hydrogens is 412 g/mol. The van der Waals surface area contributed by atoms with Crippen molar-refractivity contribution in [2.24, 2.45) is 0 Å². The fourth-order valence-corrected chi connectivity index (χ4v) is 4.90. The average molecular weight is 440 g/mol. The van der Waals surface area contributed by atoms with E-state index in [2.05, 4.69) is 31.7 Å². The molecule has 32 heavy (non-hydrogen) atoms. The molecule has 1 atom stereocenters. The maximum Gasteiger partial charge on any atom is 0.336 e. The molecule has 4 rings (SSSR count). The van der Waals surface area contributed by atoms with Gasteiger partial charge in [-0.1, -0.05) is 6.92 Å². The molecule has 170 valence electrons. The van der Waals surface area contributed by atoms with Crippen molar-refractivity contribution in [2.75, 3.05) is 11.4 Å². The quantitative estimate of drug-likeness (QED) is 0.518. The van der Waals surface area contributed by atoms with Gasteiger partial charge in [0.05, 0.1) is 0 Å². The molecule has 2 aromatic rings. The third-order valence-electron chi connectivity index (χ3n) is 6.42. The monoisotopic (exact) mass is 440 g/mol. The minimum atomic E-state index is -0.600. The predicted molar refractivity (Wildman–Crippen MR) is 118 cm³/mol. The van der Waals surface area contributed by atoms with E-state index in [0.717, 1.165) is 23.1 Å². The number of hydrogen-bond acceptors (Lipinski definition) is 7. The summed E-state index contributed by atoms with van der Waals surface area (Å²) in [6.45, 7) is 8.99. The number of carbonyl (C=O) groups is 3. The van der Waals surface area contributed by atoms with E-state index in [-0.39, 0.29) is 30.4 Å². The number of anilines is 1. The lowest BCUT2D eigenvalue weighted by Crippen LogP contribution is -2.49. The van der Waals surface area contributed by atoms with Crippen LogP contribution in [0.4, 0.5) is 5.69 Å². The molecule has 2 aliphatic heterocycles. The van der Waals surface area contributed by atoms with Crippen molar-refractivity contribution in [1.82, 2.24) is 5.06 Å². The van der Waals surface area contributed by atoms with Gasteiger partial charge in [0.1, 0.15) is 5.58 Å². The first kappa shape index (κ1) is 22.0. The van der Waals surface area contributed by atoms with Gasteiger partial charge in [0.15, 0.2) is 0 Å². The number of benzene rings is 1. The number of fused-ring (bicyclic) bond motifs is 2. The Morgan fingerprint density at radius 3 is 2.53 bits per heavy atom. The maximum absolute atomic E-state index is 12.2. The second-order valence-electron chi connectivity index (χ2n) is 9.37. The molecule has 1 unspecified atom stereocenters. The molecule has 2 amide bonds. The van der Waals surface area contributed by atoms with E-state index >= 15 is 0 Å². The van der Waals surface area contributed by atoms with Crippen LogP contribution >= 0.6 is 0 Å². The predicted octanol–water partition coefficient (Wildman–Crippen LogP) is 3.58. The zero-order valence-electron chi connectivity index (χ0n) is 18.9. The van der Waals surface area contributed by atoms with Crippen LogP contribution in [0.2, 0.25) is 0 Å². The van der Waals surface area contributed by atoms with Crippen molar-refractivity contribution in [3.05, 3.63) is 39.7 Å². The first-order chi connectivity index (χ1) is 15.1. The number of aryl methyl sites for hydroxylation is 1. The highest BCUT2D eigenvalue weighted by molar-refractivity contribution is 6.01. The number of hydroxylamine groups is 2. The van der Waals surface area contributed by atoms with Crippen LogP contribution in [-0.2, 0) is 19.2 Å². The highest BCUT2D eigenvalue weighted by atomic mass is 16.7.